The second-order valence-electron chi connectivity index (χ2n) is 5.20. The minimum Gasteiger partial charge on any atom is -0.383 e. The molecule has 0 amide bonds. The van der Waals surface area contributed by atoms with Crippen molar-refractivity contribution in [2.45, 2.75) is 32.0 Å². The van der Waals surface area contributed by atoms with Crippen LogP contribution >= 0.6 is 0 Å². The van der Waals surface area contributed by atoms with Gasteiger partial charge in [0.05, 0.1) is 25.5 Å². The molecule has 0 saturated heterocycles. The predicted molar refractivity (Wildman–Crippen MR) is 75.4 cm³/mol. The van der Waals surface area contributed by atoms with Crippen molar-refractivity contribution in [2.75, 3.05) is 40.5 Å². The first-order valence-electron chi connectivity index (χ1n) is 7.20. The van der Waals surface area contributed by atoms with Gasteiger partial charge in [-0.3, -0.25) is 4.90 Å². The smallest absolute Gasteiger partial charge is 0.151 e. The van der Waals surface area contributed by atoms with Crippen LogP contribution in [0.1, 0.15) is 24.3 Å². The molecule has 1 aromatic rings. The first kappa shape index (κ1) is 15.4. The van der Waals surface area contributed by atoms with Gasteiger partial charge in [0.2, 0.25) is 0 Å². The maximum Gasteiger partial charge on any atom is 0.151 e. The highest BCUT2D eigenvalue weighted by molar-refractivity contribution is 5.05. The highest BCUT2D eigenvalue weighted by Gasteiger charge is 2.20. The van der Waals surface area contributed by atoms with Crippen molar-refractivity contribution in [2.24, 2.45) is 0 Å². The van der Waals surface area contributed by atoms with Crippen molar-refractivity contribution in [3.05, 3.63) is 17.5 Å². The summed E-state index contributed by atoms with van der Waals surface area (Å²) >= 11 is 0. The largest absolute Gasteiger partial charge is 0.383 e. The molecule has 0 spiro atoms. The molecule has 0 atom stereocenters. The number of hydrogen-bond donors (Lipinski definition) is 1. The van der Waals surface area contributed by atoms with Crippen LogP contribution in [0, 0.1) is 0 Å². The lowest BCUT2D eigenvalue weighted by molar-refractivity contribution is 0.104. The summed E-state index contributed by atoms with van der Waals surface area (Å²) in [7, 11) is 3.43. The molecular weight excluding hydrogens is 258 g/mol. The van der Waals surface area contributed by atoms with Gasteiger partial charge in [-0.05, 0) is 12.8 Å². The number of aromatic nitrogens is 1. The molecule has 1 aliphatic rings. The third kappa shape index (κ3) is 5.58. The zero-order valence-corrected chi connectivity index (χ0v) is 12.4. The zero-order valence-electron chi connectivity index (χ0n) is 12.4. The van der Waals surface area contributed by atoms with Gasteiger partial charge in [0.25, 0.3) is 0 Å². The molecule has 0 aromatic carbocycles. The van der Waals surface area contributed by atoms with E-state index in [4.69, 9.17) is 14.0 Å². The molecule has 114 valence electrons. The summed E-state index contributed by atoms with van der Waals surface area (Å²) in [5.74, 6) is 0.893. The van der Waals surface area contributed by atoms with Crippen molar-refractivity contribution in [1.29, 1.82) is 0 Å². The Morgan fingerprint density at radius 2 is 2.00 bits per heavy atom. The Labute approximate surface area is 120 Å². The summed E-state index contributed by atoms with van der Waals surface area (Å²) in [6, 6.07) is 2.72. The van der Waals surface area contributed by atoms with Gasteiger partial charge < -0.3 is 19.3 Å². The Hall–Kier alpha value is -0.950. The van der Waals surface area contributed by atoms with Crippen LogP contribution in [0.5, 0.6) is 0 Å². The fourth-order valence-electron chi connectivity index (χ4n) is 1.98. The number of hydrogen-bond acceptors (Lipinski definition) is 6. The van der Waals surface area contributed by atoms with Gasteiger partial charge in [0.1, 0.15) is 0 Å². The highest BCUT2D eigenvalue weighted by Crippen LogP contribution is 2.19. The lowest BCUT2D eigenvalue weighted by Gasteiger charge is -2.19. The lowest BCUT2D eigenvalue weighted by atomic mass is 10.3. The maximum atomic E-state index is 5.39. The average Bonchev–Trinajstić information content (AvgIpc) is 3.19. The van der Waals surface area contributed by atoms with Crippen LogP contribution in [0.2, 0.25) is 0 Å². The number of ether oxygens (including phenoxy) is 2. The Bertz CT molecular complexity index is 371. The molecule has 0 radical (unpaired) electrons. The number of nitrogens with zero attached hydrogens (tertiary/aromatic N) is 2. The minimum atomic E-state index is 0.690. The molecule has 2 rings (SSSR count). The molecule has 0 aliphatic heterocycles. The van der Waals surface area contributed by atoms with Gasteiger partial charge in [0.15, 0.2) is 5.76 Å². The van der Waals surface area contributed by atoms with E-state index in [2.05, 4.69) is 15.4 Å². The van der Waals surface area contributed by atoms with Crippen molar-refractivity contribution in [1.82, 2.24) is 15.4 Å². The van der Waals surface area contributed by atoms with E-state index in [0.29, 0.717) is 19.3 Å². The van der Waals surface area contributed by atoms with Crippen molar-refractivity contribution >= 4 is 0 Å². The van der Waals surface area contributed by atoms with Crippen LogP contribution < -0.4 is 5.32 Å². The van der Waals surface area contributed by atoms with Crippen LogP contribution in [0.3, 0.4) is 0 Å². The Kier molecular flexibility index (Phi) is 6.46. The number of rotatable bonds is 11. The summed E-state index contributed by atoms with van der Waals surface area (Å²) in [6.45, 7) is 4.65. The van der Waals surface area contributed by atoms with E-state index in [1.165, 1.54) is 12.8 Å². The molecule has 6 nitrogen and oxygen atoms in total. The molecule has 1 saturated carbocycles. The van der Waals surface area contributed by atoms with E-state index in [-0.39, 0.29) is 0 Å². The van der Waals surface area contributed by atoms with Crippen LogP contribution in [0.15, 0.2) is 10.6 Å². The summed E-state index contributed by atoms with van der Waals surface area (Å²) in [5, 5.41) is 7.53. The topological polar surface area (TPSA) is 59.8 Å². The van der Waals surface area contributed by atoms with Crippen LogP contribution in [-0.2, 0) is 22.6 Å². The van der Waals surface area contributed by atoms with E-state index in [1.54, 1.807) is 14.2 Å². The molecule has 1 fully saturated rings. The minimum absolute atomic E-state index is 0.690. The monoisotopic (exact) mass is 283 g/mol. The van der Waals surface area contributed by atoms with Gasteiger partial charge in [0, 0.05) is 46.0 Å². The van der Waals surface area contributed by atoms with Crippen molar-refractivity contribution in [3.8, 4) is 0 Å². The maximum absolute atomic E-state index is 5.39. The van der Waals surface area contributed by atoms with Crippen LogP contribution in [0.25, 0.3) is 0 Å². The molecule has 1 heterocycles. The second-order valence-corrected chi connectivity index (χ2v) is 5.20. The number of methoxy groups -OCH3 is 2. The standard InChI is InChI=1S/C14H25N3O3/c1-18-7-5-17(6-8-19-2)11-14-9-13(16-20-14)10-15-12-3-4-12/h9,12,15H,3-8,10-11H2,1-2H3. The van der Waals surface area contributed by atoms with E-state index in [1.807, 2.05) is 6.07 Å². The van der Waals surface area contributed by atoms with E-state index in [0.717, 1.165) is 37.6 Å². The van der Waals surface area contributed by atoms with Crippen molar-refractivity contribution < 1.29 is 14.0 Å². The fourth-order valence-corrected chi connectivity index (χ4v) is 1.98. The normalized spacial score (nSPS) is 15.2. The van der Waals surface area contributed by atoms with Gasteiger partial charge in [-0.1, -0.05) is 5.16 Å². The molecular formula is C14H25N3O3. The molecule has 0 unspecified atom stereocenters. The summed E-state index contributed by atoms with van der Waals surface area (Å²) in [5.41, 5.74) is 0.977. The lowest BCUT2D eigenvalue weighted by Crippen LogP contribution is -2.30. The first-order valence-corrected chi connectivity index (χ1v) is 7.20. The predicted octanol–water partition coefficient (Wildman–Crippen LogP) is 1.02. The Balaban J connectivity index is 1.77. The van der Waals surface area contributed by atoms with E-state index in [9.17, 15) is 0 Å². The summed E-state index contributed by atoms with van der Waals surface area (Å²) < 4.78 is 15.7. The third-order valence-corrected chi connectivity index (χ3v) is 3.36. The molecule has 6 heteroatoms. The third-order valence-electron chi connectivity index (χ3n) is 3.36. The molecule has 1 aromatic heterocycles. The van der Waals surface area contributed by atoms with E-state index >= 15 is 0 Å². The molecule has 0 bridgehead atoms. The molecule has 1 aliphatic carbocycles. The number of nitrogens with one attached hydrogen (secondary N) is 1. The Morgan fingerprint density at radius 1 is 1.30 bits per heavy atom. The SMILES string of the molecule is COCCN(CCOC)Cc1cc(CNC2CC2)no1. The summed E-state index contributed by atoms with van der Waals surface area (Å²) in [4.78, 5) is 2.24. The summed E-state index contributed by atoms with van der Waals surface area (Å²) in [6.07, 6.45) is 2.57. The second kappa shape index (κ2) is 8.36. The Morgan fingerprint density at radius 3 is 2.60 bits per heavy atom. The highest BCUT2D eigenvalue weighted by atomic mass is 16.5. The molecule has 20 heavy (non-hydrogen) atoms. The van der Waals surface area contributed by atoms with Crippen molar-refractivity contribution in [3.63, 3.8) is 0 Å². The van der Waals surface area contributed by atoms with Crippen LogP contribution in [-0.4, -0.2) is 56.6 Å². The first-order chi connectivity index (χ1) is 9.81. The van der Waals surface area contributed by atoms with E-state index < -0.39 is 0 Å². The van der Waals surface area contributed by atoms with Gasteiger partial charge in [-0.25, -0.2) is 0 Å². The molecule has 1 N–H and O–H groups in total. The zero-order chi connectivity index (χ0) is 14.2. The fraction of sp³-hybridized carbons (Fsp3) is 0.786. The van der Waals surface area contributed by atoms with Gasteiger partial charge in [-0.15, -0.1) is 0 Å². The van der Waals surface area contributed by atoms with Crippen LogP contribution in [0.4, 0.5) is 0 Å². The van der Waals surface area contributed by atoms with Gasteiger partial charge >= 0.3 is 0 Å². The quantitative estimate of drug-likeness (QED) is 0.654. The average molecular weight is 283 g/mol. The van der Waals surface area contributed by atoms with Gasteiger partial charge in [-0.2, -0.15) is 0 Å².